The van der Waals surface area contributed by atoms with Crippen LogP contribution in [-0.4, -0.2) is 53.2 Å². The third-order valence-corrected chi connectivity index (χ3v) is 3.93. The van der Waals surface area contributed by atoms with Gasteiger partial charge in [-0.1, -0.05) is 12.1 Å². The van der Waals surface area contributed by atoms with Crippen LogP contribution in [0.2, 0.25) is 0 Å². The molecule has 1 N–H and O–H groups in total. The van der Waals surface area contributed by atoms with Crippen molar-refractivity contribution in [3.63, 3.8) is 0 Å². The fourth-order valence-corrected chi connectivity index (χ4v) is 2.64. The highest BCUT2D eigenvalue weighted by Gasteiger charge is 2.25. The smallest absolute Gasteiger partial charge is 0.337 e. The summed E-state index contributed by atoms with van der Waals surface area (Å²) in [5.41, 5.74) is 0.583. The van der Waals surface area contributed by atoms with E-state index in [4.69, 9.17) is 14.6 Å². The van der Waals surface area contributed by atoms with Gasteiger partial charge in [0.1, 0.15) is 12.3 Å². The third kappa shape index (κ3) is 3.55. The molecule has 130 valence electrons. The predicted octanol–water partition coefficient (Wildman–Crippen LogP) is 2.00. The van der Waals surface area contributed by atoms with Gasteiger partial charge in [0.15, 0.2) is 17.6 Å². The number of hydrogen-bond donors (Lipinski definition) is 1. The lowest BCUT2D eigenvalue weighted by Crippen LogP contribution is -2.42. The molecule has 1 amide bonds. The average Bonchev–Trinajstić information content (AvgIpc) is 2.60. The van der Waals surface area contributed by atoms with Gasteiger partial charge in [0, 0.05) is 7.05 Å². The lowest BCUT2D eigenvalue weighted by Gasteiger charge is -2.29. The largest absolute Gasteiger partial charge is 0.486 e. The van der Waals surface area contributed by atoms with Gasteiger partial charge in [0.2, 0.25) is 0 Å². The summed E-state index contributed by atoms with van der Waals surface area (Å²) in [7, 11) is 1.65. The second-order valence-electron chi connectivity index (χ2n) is 5.82. The van der Waals surface area contributed by atoms with E-state index in [1.807, 2.05) is 24.3 Å². The number of carboxylic acids is 1. The van der Waals surface area contributed by atoms with Crippen LogP contribution in [0.4, 0.5) is 0 Å². The molecule has 0 fully saturated rings. The van der Waals surface area contributed by atoms with E-state index in [0.717, 1.165) is 0 Å². The van der Waals surface area contributed by atoms with Crippen molar-refractivity contribution in [2.75, 3.05) is 20.2 Å². The number of ether oxygens (including phenoxy) is 2. The van der Waals surface area contributed by atoms with Crippen molar-refractivity contribution in [3.05, 3.63) is 53.3 Å². The summed E-state index contributed by atoms with van der Waals surface area (Å²) in [6, 6.07) is 10.2. The summed E-state index contributed by atoms with van der Waals surface area (Å²) in [5, 5.41) is 9.04. The fraction of sp³-hybridized carbons (Fsp3) is 0.278. The van der Waals surface area contributed by atoms with Gasteiger partial charge >= 0.3 is 5.97 Å². The number of pyridine rings is 1. The highest BCUT2D eigenvalue weighted by atomic mass is 16.6. The Morgan fingerprint density at radius 2 is 1.96 bits per heavy atom. The van der Waals surface area contributed by atoms with Gasteiger partial charge in [0.05, 0.1) is 17.8 Å². The molecule has 0 spiro atoms. The number of aromatic nitrogens is 1. The Labute approximate surface area is 144 Å². The van der Waals surface area contributed by atoms with Crippen molar-refractivity contribution in [1.82, 2.24) is 9.88 Å². The highest BCUT2D eigenvalue weighted by Crippen LogP contribution is 2.31. The molecule has 2 heterocycles. The molecule has 1 unspecified atom stereocenters. The number of nitrogens with zero attached hydrogens (tertiary/aromatic N) is 2. The molecular weight excluding hydrogens is 324 g/mol. The Morgan fingerprint density at radius 3 is 2.64 bits per heavy atom. The number of aryl methyl sites for hydroxylation is 1. The molecule has 1 aliphatic rings. The summed E-state index contributed by atoms with van der Waals surface area (Å²) < 4.78 is 11.5. The van der Waals surface area contributed by atoms with E-state index in [2.05, 4.69) is 4.98 Å². The zero-order chi connectivity index (χ0) is 18.0. The molecule has 25 heavy (non-hydrogen) atoms. The van der Waals surface area contributed by atoms with E-state index in [1.54, 1.807) is 14.0 Å². The van der Waals surface area contributed by atoms with E-state index in [1.165, 1.54) is 17.0 Å². The summed E-state index contributed by atoms with van der Waals surface area (Å²) >= 11 is 0. The van der Waals surface area contributed by atoms with Gasteiger partial charge in [-0.25, -0.2) is 9.78 Å². The van der Waals surface area contributed by atoms with Crippen LogP contribution in [0.5, 0.6) is 11.5 Å². The van der Waals surface area contributed by atoms with Crippen LogP contribution in [0, 0.1) is 6.92 Å². The second kappa shape index (κ2) is 6.80. The number of carboxylic acid groups (broad SMARTS) is 1. The molecule has 1 atom stereocenters. The first-order chi connectivity index (χ1) is 12.0. The van der Waals surface area contributed by atoms with E-state index in [0.29, 0.717) is 30.3 Å². The van der Waals surface area contributed by atoms with Gasteiger partial charge in [-0.3, -0.25) is 4.79 Å². The molecule has 2 aromatic rings. The number of aromatic carboxylic acids is 1. The zero-order valence-corrected chi connectivity index (χ0v) is 13.9. The van der Waals surface area contributed by atoms with Crippen LogP contribution in [0.15, 0.2) is 36.4 Å². The van der Waals surface area contributed by atoms with E-state index in [-0.39, 0.29) is 23.3 Å². The molecule has 7 nitrogen and oxygen atoms in total. The Kier molecular flexibility index (Phi) is 4.56. The van der Waals surface area contributed by atoms with Crippen LogP contribution in [-0.2, 0) is 0 Å². The van der Waals surface area contributed by atoms with Gasteiger partial charge in [0.25, 0.3) is 5.91 Å². The van der Waals surface area contributed by atoms with Gasteiger partial charge in [-0.05, 0) is 31.2 Å². The van der Waals surface area contributed by atoms with Crippen molar-refractivity contribution >= 4 is 11.9 Å². The molecule has 1 aromatic carbocycles. The van der Waals surface area contributed by atoms with E-state index >= 15 is 0 Å². The molecule has 1 aromatic heterocycles. The summed E-state index contributed by atoms with van der Waals surface area (Å²) in [4.78, 5) is 29.1. The number of para-hydroxylation sites is 2. The monoisotopic (exact) mass is 342 g/mol. The maximum absolute atomic E-state index is 12.5. The van der Waals surface area contributed by atoms with E-state index in [9.17, 15) is 9.59 Å². The molecule has 0 aliphatic carbocycles. The van der Waals surface area contributed by atoms with Gasteiger partial charge in [-0.2, -0.15) is 0 Å². The molecule has 0 radical (unpaired) electrons. The lowest BCUT2D eigenvalue weighted by atomic mass is 10.1. The molecule has 1 aliphatic heterocycles. The van der Waals surface area contributed by atoms with Crippen LogP contribution in [0.3, 0.4) is 0 Å². The quantitative estimate of drug-likeness (QED) is 0.914. The maximum atomic E-state index is 12.5. The van der Waals surface area contributed by atoms with Gasteiger partial charge < -0.3 is 19.5 Å². The second-order valence-corrected chi connectivity index (χ2v) is 5.82. The highest BCUT2D eigenvalue weighted by molar-refractivity contribution is 5.94. The topological polar surface area (TPSA) is 89.0 Å². The lowest BCUT2D eigenvalue weighted by molar-refractivity contribution is 0.0516. The first kappa shape index (κ1) is 16.8. The van der Waals surface area contributed by atoms with Crippen molar-refractivity contribution in [2.45, 2.75) is 13.0 Å². The van der Waals surface area contributed by atoms with Crippen LogP contribution in [0.1, 0.15) is 26.5 Å². The van der Waals surface area contributed by atoms with Crippen LogP contribution >= 0.6 is 0 Å². The first-order valence-electron chi connectivity index (χ1n) is 7.80. The number of carbonyl (C=O) groups excluding carboxylic acids is 1. The zero-order valence-electron chi connectivity index (χ0n) is 13.9. The minimum atomic E-state index is -1.07. The maximum Gasteiger partial charge on any atom is 0.337 e. The van der Waals surface area contributed by atoms with Crippen LogP contribution in [0.25, 0.3) is 0 Å². The average molecular weight is 342 g/mol. The Balaban J connectivity index is 1.67. The number of carbonyl (C=O) groups is 2. The van der Waals surface area contributed by atoms with Crippen molar-refractivity contribution in [1.29, 1.82) is 0 Å². The van der Waals surface area contributed by atoms with Gasteiger partial charge in [-0.15, -0.1) is 0 Å². The molecule has 7 heteroatoms. The number of likely N-dealkylation sites (N-methyl/N-ethyl adjacent to an activating group) is 1. The fourth-order valence-electron chi connectivity index (χ4n) is 2.64. The SMILES string of the molecule is Cc1nc(C(=O)N(C)CC2COc3ccccc3O2)ccc1C(=O)O. The van der Waals surface area contributed by atoms with E-state index < -0.39 is 5.97 Å². The molecular formula is C18H18N2O5. The van der Waals surface area contributed by atoms with Crippen LogP contribution < -0.4 is 9.47 Å². The number of hydrogen-bond acceptors (Lipinski definition) is 5. The summed E-state index contributed by atoms with van der Waals surface area (Å²) in [6.45, 7) is 2.24. The number of amides is 1. The predicted molar refractivity (Wildman–Crippen MR) is 89.2 cm³/mol. The summed E-state index contributed by atoms with van der Waals surface area (Å²) in [5.74, 6) is -0.0278. The number of rotatable bonds is 4. The molecule has 0 saturated heterocycles. The summed E-state index contributed by atoms with van der Waals surface area (Å²) in [6.07, 6.45) is -0.289. The number of fused-ring (bicyclic) bond motifs is 1. The minimum Gasteiger partial charge on any atom is -0.486 e. The Bertz CT molecular complexity index is 821. The standard InChI is InChI=1S/C18H18N2O5/c1-11-13(18(22)23)7-8-14(19-11)17(21)20(2)9-12-10-24-15-5-3-4-6-16(15)25-12/h3-8,12H,9-10H2,1-2H3,(H,22,23). The molecule has 0 bridgehead atoms. The van der Waals surface area contributed by atoms with Crippen molar-refractivity contribution in [2.24, 2.45) is 0 Å². The number of benzene rings is 1. The van der Waals surface area contributed by atoms with Crippen molar-refractivity contribution in [3.8, 4) is 11.5 Å². The molecule has 3 rings (SSSR count). The normalized spacial score (nSPS) is 15.5. The first-order valence-corrected chi connectivity index (χ1v) is 7.80. The Morgan fingerprint density at radius 1 is 1.24 bits per heavy atom. The minimum absolute atomic E-state index is 0.0832. The molecule has 0 saturated carbocycles. The third-order valence-electron chi connectivity index (χ3n) is 3.93. The Hall–Kier alpha value is -3.09. The van der Waals surface area contributed by atoms with Crippen molar-refractivity contribution < 1.29 is 24.2 Å².